The van der Waals surface area contributed by atoms with Crippen molar-refractivity contribution in [1.82, 2.24) is 9.97 Å². The van der Waals surface area contributed by atoms with Crippen molar-refractivity contribution in [2.24, 2.45) is 5.73 Å². The van der Waals surface area contributed by atoms with Crippen LogP contribution in [0.3, 0.4) is 0 Å². The molecular formula is C24H24N4O. The van der Waals surface area contributed by atoms with Gasteiger partial charge in [-0.15, -0.1) is 0 Å². The Morgan fingerprint density at radius 1 is 0.931 bits per heavy atom. The smallest absolute Gasteiger partial charge is 0.135 e. The zero-order chi connectivity index (χ0) is 20.1. The minimum Gasteiger partial charge on any atom is -0.396 e. The van der Waals surface area contributed by atoms with Crippen LogP contribution in [0.15, 0.2) is 72.9 Å². The molecule has 2 heterocycles. The highest BCUT2D eigenvalue weighted by atomic mass is 16.3. The van der Waals surface area contributed by atoms with Gasteiger partial charge in [-0.2, -0.15) is 0 Å². The summed E-state index contributed by atoms with van der Waals surface area (Å²) in [6.07, 6.45) is 2.43. The van der Waals surface area contributed by atoms with Gasteiger partial charge in [-0.25, -0.2) is 9.97 Å². The summed E-state index contributed by atoms with van der Waals surface area (Å²) >= 11 is 0. The first-order valence-corrected chi connectivity index (χ1v) is 9.79. The van der Waals surface area contributed by atoms with Crippen molar-refractivity contribution in [2.75, 3.05) is 18.5 Å². The van der Waals surface area contributed by atoms with Crippen LogP contribution in [0.5, 0.6) is 0 Å². The normalized spacial score (nSPS) is 11.0. The van der Waals surface area contributed by atoms with E-state index in [-0.39, 0.29) is 6.61 Å². The van der Waals surface area contributed by atoms with E-state index in [2.05, 4.69) is 40.6 Å². The molecule has 5 nitrogen and oxygen atoms in total. The summed E-state index contributed by atoms with van der Waals surface area (Å²) in [6, 6.07) is 22.6. The minimum absolute atomic E-state index is 0.147. The van der Waals surface area contributed by atoms with E-state index in [9.17, 15) is 0 Å². The molecule has 29 heavy (non-hydrogen) atoms. The van der Waals surface area contributed by atoms with E-state index in [1.165, 1.54) is 0 Å². The number of fused-ring (bicyclic) bond motifs is 1. The number of nitrogens with one attached hydrogen (secondary N) is 1. The summed E-state index contributed by atoms with van der Waals surface area (Å²) in [5, 5.41) is 13.4. The molecule has 0 saturated carbocycles. The zero-order valence-corrected chi connectivity index (χ0v) is 16.2. The number of anilines is 1. The van der Waals surface area contributed by atoms with Crippen LogP contribution in [0.25, 0.3) is 33.3 Å². The lowest BCUT2D eigenvalue weighted by molar-refractivity contribution is 0.292. The third-order valence-electron chi connectivity index (χ3n) is 4.92. The van der Waals surface area contributed by atoms with Crippen LogP contribution in [0.1, 0.15) is 12.0 Å². The van der Waals surface area contributed by atoms with Crippen molar-refractivity contribution in [3.63, 3.8) is 0 Å². The second-order valence-corrected chi connectivity index (χ2v) is 6.88. The van der Waals surface area contributed by atoms with Crippen molar-refractivity contribution >= 4 is 16.7 Å². The number of aliphatic hydroxyl groups is 1. The molecule has 0 saturated heterocycles. The Morgan fingerprint density at radius 3 is 2.45 bits per heavy atom. The van der Waals surface area contributed by atoms with Gasteiger partial charge < -0.3 is 16.2 Å². The van der Waals surface area contributed by atoms with Gasteiger partial charge >= 0.3 is 0 Å². The van der Waals surface area contributed by atoms with Crippen LogP contribution in [0.4, 0.5) is 5.82 Å². The molecule has 4 N–H and O–H groups in total. The van der Waals surface area contributed by atoms with E-state index >= 15 is 0 Å². The number of aliphatic hydroxyl groups excluding tert-OH is 1. The second kappa shape index (κ2) is 8.82. The Morgan fingerprint density at radius 2 is 1.72 bits per heavy atom. The Labute approximate surface area is 170 Å². The highest BCUT2D eigenvalue weighted by Crippen LogP contribution is 2.35. The number of pyridine rings is 2. The van der Waals surface area contributed by atoms with E-state index in [0.717, 1.165) is 44.7 Å². The molecule has 2 aromatic heterocycles. The first-order chi connectivity index (χ1) is 14.3. The molecule has 0 aliphatic heterocycles. The van der Waals surface area contributed by atoms with E-state index in [4.69, 9.17) is 15.8 Å². The average molecular weight is 384 g/mol. The fourth-order valence-electron chi connectivity index (χ4n) is 3.38. The van der Waals surface area contributed by atoms with Crippen LogP contribution in [0.2, 0.25) is 0 Å². The summed E-state index contributed by atoms with van der Waals surface area (Å²) in [6.45, 7) is 1.32. The largest absolute Gasteiger partial charge is 0.396 e. The predicted molar refractivity (Wildman–Crippen MR) is 118 cm³/mol. The third kappa shape index (κ3) is 4.11. The molecule has 0 fully saturated rings. The van der Waals surface area contributed by atoms with E-state index in [1.54, 1.807) is 6.20 Å². The predicted octanol–water partition coefficient (Wildman–Crippen LogP) is 4.22. The number of nitrogens with two attached hydrogens (primary N) is 1. The minimum atomic E-state index is 0.147. The Hall–Kier alpha value is -3.28. The van der Waals surface area contributed by atoms with Crippen LogP contribution in [0, 0.1) is 0 Å². The molecule has 4 aromatic rings. The number of rotatable bonds is 7. The Bertz CT molecular complexity index is 1100. The molecule has 0 radical (unpaired) electrons. The summed E-state index contributed by atoms with van der Waals surface area (Å²) in [4.78, 5) is 9.50. The Kier molecular flexibility index (Phi) is 5.79. The quantitative estimate of drug-likeness (QED) is 0.416. The molecule has 0 amide bonds. The monoisotopic (exact) mass is 384 g/mol. The average Bonchev–Trinajstić information content (AvgIpc) is 2.79. The maximum absolute atomic E-state index is 9.07. The zero-order valence-electron chi connectivity index (χ0n) is 16.2. The number of nitrogens with zero attached hydrogens (tertiary/aromatic N) is 2. The molecule has 0 bridgehead atoms. The fourth-order valence-corrected chi connectivity index (χ4v) is 3.38. The SMILES string of the molecule is NCc1ccc(-c2nc3ccnc(NCCCO)c3cc2-c2ccccc2)cc1. The van der Waals surface area contributed by atoms with Crippen molar-refractivity contribution in [3.05, 3.63) is 78.5 Å². The first kappa shape index (κ1) is 19.1. The molecule has 0 atom stereocenters. The second-order valence-electron chi connectivity index (χ2n) is 6.88. The van der Waals surface area contributed by atoms with E-state index in [0.29, 0.717) is 19.5 Å². The maximum atomic E-state index is 9.07. The summed E-state index contributed by atoms with van der Waals surface area (Å²) in [5.41, 5.74) is 11.9. The first-order valence-electron chi connectivity index (χ1n) is 9.79. The lowest BCUT2D eigenvalue weighted by atomic mass is 9.97. The van der Waals surface area contributed by atoms with Gasteiger partial charge in [-0.05, 0) is 29.7 Å². The molecule has 4 rings (SSSR count). The van der Waals surface area contributed by atoms with Gasteiger partial charge in [0.05, 0.1) is 11.2 Å². The topological polar surface area (TPSA) is 84.1 Å². The molecule has 0 unspecified atom stereocenters. The summed E-state index contributed by atoms with van der Waals surface area (Å²) < 4.78 is 0. The van der Waals surface area contributed by atoms with Gasteiger partial charge in [-0.1, -0.05) is 54.6 Å². The molecule has 5 heteroatoms. The number of hydrogen-bond donors (Lipinski definition) is 3. The number of aromatic nitrogens is 2. The van der Waals surface area contributed by atoms with Gasteiger partial charge in [0, 0.05) is 42.4 Å². The summed E-state index contributed by atoms with van der Waals surface area (Å²) in [5.74, 6) is 0.783. The van der Waals surface area contributed by atoms with Crippen molar-refractivity contribution < 1.29 is 5.11 Å². The van der Waals surface area contributed by atoms with Crippen LogP contribution in [-0.2, 0) is 6.54 Å². The number of hydrogen-bond acceptors (Lipinski definition) is 5. The lowest BCUT2D eigenvalue weighted by Gasteiger charge is -2.14. The van der Waals surface area contributed by atoms with Crippen LogP contribution < -0.4 is 11.1 Å². The van der Waals surface area contributed by atoms with Gasteiger partial charge in [0.1, 0.15) is 5.82 Å². The highest BCUT2D eigenvalue weighted by molar-refractivity contribution is 5.96. The van der Waals surface area contributed by atoms with Crippen molar-refractivity contribution in [3.8, 4) is 22.4 Å². The van der Waals surface area contributed by atoms with Crippen molar-refractivity contribution in [1.29, 1.82) is 0 Å². The molecule has 0 aliphatic carbocycles. The number of benzene rings is 2. The maximum Gasteiger partial charge on any atom is 0.135 e. The molecule has 2 aromatic carbocycles. The molecule has 146 valence electrons. The molecular weight excluding hydrogens is 360 g/mol. The van der Waals surface area contributed by atoms with Gasteiger partial charge in [-0.3, -0.25) is 0 Å². The lowest BCUT2D eigenvalue weighted by Crippen LogP contribution is -2.06. The standard InChI is InChI=1S/C24H24N4O/c25-16-17-7-9-19(10-8-17)23-20(18-5-2-1-3-6-18)15-21-22(28-23)11-13-27-24(21)26-12-4-14-29/h1-3,5-11,13,15,29H,4,12,14,16,25H2,(H,26,27). The van der Waals surface area contributed by atoms with Gasteiger partial charge in [0.15, 0.2) is 0 Å². The van der Waals surface area contributed by atoms with Crippen LogP contribution >= 0.6 is 0 Å². The fraction of sp³-hybridized carbons (Fsp3) is 0.167. The highest BCUT2D eigenvalue weighted by Gasteiger charge is 2.14. The van der Waals surface area contributed by atoms with Crippen molar-refractivity contribution in [2.45, 2.75) is 13.0 Å². The van der Waals surface area contributed by atoms with Crippen LogP contribution in [-0.4, -0.2) is 28.2 Å². The summed E-state index contributed by atoms with van der Waals surface area (Å²) in [7, 11) is 0. The van der Waals surface area contributed by atoms with Gasteiger partial charge in [0.25, 0.3) is 0 Å². The van der Waals surface area contributed by atoms with E-state index in [1.807, 2.05) is 36.4 Å². The van der Waals surface area contributed by atoms with E-state index < -0.39 is 0 Å². The third-order valence-corrected chi connectivity index (χ3v) is 4.92. The van der Waals surface area contributed by atoms with Gasteiger partial charge in [0.2, 0.25) is 0 Å². The Balaban J connectivity index is 1.89. The molecule has 0 spiro atoms. The molecule has 0 aliphatic rings.